The van der Waals surface area contributed by atoms with E-state index in [-0.39, 0.29) is 0 Å². The van der Waals surface area contributed by atoms with Gasteiger partial charge in [-0.05, 0) is 38.5 Å². The van der Waals surface area contributed by atoms with Gasteiger partial charge >= 0.3 is 0 Å². The van der Waals surface area contributed by atoms with Crippen LogP contribution in [0.4, 0.5) is 0 Å². The van der Waals surface area contributed by atoms with Crippen LogP contribution in [0.25, 0.3) is 0 Å². The molecule has 0 aromatic rings. The molecule has 0 spiro atoms. The smallest absolute Gasteiger partial charge is 0.213 e. The standard InChI is InChI=1S/C15H26N2/c1-2-9-16-11-13-6-3-5-12-7-4-10-17(15(12)13)14(16)8-1/h12-15H,1-11H2/p+2/t12-,13-,14+,15-/m0/s1. The monoisotopic (exact) mass is 236 g/mol. The van der Waals surface area contributed by atoms with Crippen LogP contribution < -0.4 is 9.80 Å². The molecule has 0 amide bonds. The van der Waals surface area contributed by atoms with E-state index in [1.165, 1.54) is 51.7 Å². The molecule has 1 saturated carbocycles. The number of rotatable bonds is 0. The second-order valence-electron chi connectivity index (χ2n) is 7.10. The molecule has 0 bridgehead atoms. The highest BCUT2D eigenvalue weighted by molar-refractivity contribution is 4.86. The van der Waals surface area contributed by atoms with Gasteiger partial charge < -0.3 is 0 Å². The summed E-state index contributed by atoms with van der Waals surface area (Å²) in [5, 5.41) is 0. The van der Waals surface area contributed by atoms with E-state index in [2.05, 4.69) is 4.90 Å². The van der Waals surface area contributed by atoms with Gasteiger partial charge in [0.05, 0.1) is 32.0 Å². The molecule has 0 radical (unpaired) electrons. The molecule has 2 heteroatoms. The second kappa shape index (κ2) is 4.24. The SMILES string of the molecule is C1C[C@H]2CCC[NH+]3[C@@H]2[C@@H](C1)C[NH+]1CCCC[C@H]13. The van der Waals surface area contributed by atoms with Crippen molar-refractivity contribution in [1.82, 2.24) is 0 Å². The van der Waals surface area contributed by atoms with Crippen LogP contribution in [0.5, 0.6) is 0 Å². The van der Waals surface area contributed by atoms with Crippen molar-refractivity contribution >= 4 is 0 Å². The molecule has 3 aliphatic heterocycles. The molecule has 17 heavy (non-hydrogen) atoms. The topological polar surface area (TPSA) is 8.88 Å². The lowest BCUT2D eigenvalue weighted by atomic mass is 9.70. The Bertz CT molecular complexity index is 289. The summed E-state index contributed by atoms with van der Waals surface area (Å²) >= 11 is 0. The van der Waals surface area contributed by atoms with Gasteiger partial charge in [-0.15, -0.1) is 0 Å². The quantitative estimate of drug-likeness (QED) is 0.579. The lowest BCUT2D eigenvalue weighted by Crippen LogP contribution is -3.42. The normalized spacial score (nSPS) is 53.6. The molecule has 2 nitrogen and oxygen atoms in total. The van der Waals surface area contributed by atoms with Crippen molar-refractivity contribution in [2.75, 3.05) is 19.6 Å². The third kappa shape index (κ3) is 1.67. The van der Waals surface area contributed by atoms with Crippen molar-refractivity contribution in [3.63, 3.8) is 0 Å². The van der Waals surface area contributed by atoms with E-state index in [4.69, 9.17) is 0 Å². The van der Waals surface area contributed by atoms with E-state index in [1.807, 2.05) is 4.90 Å². The molecule has 96 valence electrons. The van der Waals surface area contributed by atoms with Crippen LogP contribution in [-0.4, -0.2) is 31.8 Å². The highest BCUT2D eigenvalue weighted by Gasteiger charge is 2.53. The first-order chi connectivity index (χ1) is 8.43. The van der Waals surface area contributed by atoms with Crippen LogP contribution in [0, 0.1) is 11.8 Å². The summed E-state index contributed by atoms with van der Waals surface area (Å²) in [4.78, 5) is 4.06. The largest absolute Gasteiger partial charge is 0.286 e. The molecule has 6 atom stereocenters. The van der Waals surface area contributed by atoms with Gasteiger partial charge in [0.1, 0.15) is 6.04 Å². The first-order valence-electron chi connectivity index (χ1n) is 8.13. The van der Waals surface area contributed by atoms with Crippen molar-refractivity contribution < 1.29 is 9.80 Å². The summed E-state index contributed by atoms with van der Waals surface area (Å²) in [5.41, 5.74) is 0. The molecular weight excluding hydrogens is 208 g/mol. The summed E-state index contributed by atoms with van der Waals surface area (Å²) < 4.78 is 0. The van der Waals surface area contributed by atoms with Crippen LogP contribution in [0.15, 0.2) is 0 Å². The minimum absolute atomic E-state index is 1.01. The molecule has 0 aromatic heterocycles. The van der Waals surface area contributed by atoms with Gasteiger partial charge in [-0.1, -0.05) is 6.42 Å². The second-order valence-corrected chi connectivity index (χ2v) is 7.10. The summed E-state index contributed by atoms with van der Waals surface area (Å²) in [5.74, 6) is 2.20. The Morgan fingerprint density at radius 1 is 0.706 bits per heavy atom. The van der Waals surface area contributed by atoms with Crippen LogP contribution in [0.3, 0.4) is 0 Å². The molecule has 4 rings (SSSR count). The van der Waals surface area contributed by atoms with Gasteiger partial charge in [-0.25, -0.2) is 0 Å². The number of hydrogen-bond donors (Lipinski definition) is 2. The number of quaternary nitrogens is 2. The van der Waals surface area contributed by atoms with Crippen LogP contribution in [0.2, 0.25) is 0 Å². The zero-order chi connectivity index (χ0) is 11.2. The average molecular weight is 236 g/mol. The fourth-order valence-corrected chi connectivity index (χ4v) is 5.79. The molecular formula is C15H28N2+2. The molecule has 1 aliphatic carbocycles. The van der Waals surface area contributed by atoms with E-state index in [9.17, 15) is 0 Å². The Morgan fingerprint density at radius 2 is 1.59 bits per heavy atom. The number of piperidine rings is 2. The van der Waals surface area contributed by atoms with E-state index < -0.39 is 0 Å². The number of nitrogens with one attached hydrogen (secondary N) is 2. The summed E-state index contributed by atoms with van der Waals surface area (Å²) in [6.45, 7) is 4.53. The first-order valence-corrected chi connectivity index (χ1v) is 8.13. The van der Waals surface area contributed by atoms with Crippen LogP contribution >= 0.6 is 0 Å². The van der Waals surface area contributed by atoms with Crippen LogP contribution in [-0.2, 0) is 0 Å². The Labute approximate surface area is 105 Å². The molecule has 3 saturated heterocycles. The molecule has 2 N–H and O–H groups in total. The van der Waals surface area contributed by atoms with E-state index in [1.54, 1.807) is 19.3 Å². The third-order valence-electron chi connectivity index (χ3n) is 6.34. The molecule has 0 aromatic carbocycles. The van der Waals surface area contributed by atoms with E-state index in [0.717, 1.165) is 24.0 Å². The summed E-state index contributed by atoms with van der Waals surface area (Å²) in [6, 6.07) is 1.09. The maximum atomic E-state index is 2.06. The zero-order valence-electron chi connectivity index (χ0n) is 11.1. The fourth-order valence-electron chi connectivity index (χ4n) is 5.79. The maximum Gasteiger partial charge on any atom is 0.213 e. The highest BCUT2D eigenvalue weighted by atomic mass is 15.4. The van der Waals surface area contributed by atoms with Gasteiger partial charge in [0, 0.05) is 5.92 Å². The number of hydrogen-bond acceptors (Lipinski definition) is 0. The zero-order valence-corrected chi connectivity index (χ0v) is 11.1. The van der Waals surface area contributed by atoms with Gasteiger partial charge in [0.15, 0.2) is 0 Å². The van der Waals surface area contributed by atoms with Crippen molar-refractivity contribution in [2.24, 2.45) is 11.8 Å². The minimum Gasteiger partial charge on any atom is -0.286 e. The fraction of sp³-hybridized carbons (Fsp3) is 1.00. The third-order valence-corrected chi connectivity index (χ3v) is 6.34. The molecule has 4 fully saturated rings. The van der Waals surface area contributed by atoms with Crippen molar-refractivity contribution in [1.29, 1.82) is 0 Å². The van der Waals surface area contributed by atoms with Crippen LogP contribution in [0.1, 0.15) is 51.4 Å². The predicted octanol–water partition coefficient (Wildman–Crippen LogP) is -0.141. The predicted molar refractivity (Wildman–Crippen MR) is 68.0 cm³/mol. The highest BCUT2D eigenvalue weighted by Crippen LogP contribution is 2.33. The Kier molecular flexibility index (Phi) is 2.69. The maximum absolute atomic E-state index is 2.06. The minimum atomic E-state index is 1.01. The van der Waals surface area contributed by atoms with E-state index >= 15 is 0 Å². The Hall–Kier alpha value is -0.0800. The first kappa shape index (κ1) is 10.8. The molecule has 2 unspecified atom stereocenters. The van der Waals surface area contributed by atoms with Crippen molar-refractivity contribution in [2.45, 2.75) is 63.6 Å². The molecule has 3 heterocycles. The van der Waals surface area contributed by atoms with Gasteiger partial charge in [0.25, 0.3) is 0 Å². The summed E-state index contributed by atoms with van der Waals surface area (Å²) in [6.07, 6.45) is 13.3. The van der Waals surface area contributed by atoms with Crippen molar-refractivity contribution in [3.8, 4) is 0 Å². The van der Waals surface area contributed by atoms with E-state index in [0.29, 0.717) is 0 Å². The van der Waals surface area contributed by atoms with Gasteiger partial charge in [-0.2, -0.15) is 0 Å². The Morgan fingerprint density at radius 3 is 2.59 bits per heavy atom. The summed E-state index contributed by atoms with van der Waals surface area (Å²) in [7, 11) is 0. The molecule has 4 aliphatic rings. The number of fused-ring (bicyclic) bond motifs is 2. The lowest BCUT2D eigenvalue weighted by Gasteiger charge is -2.54. The Balaban J connectivity index is 1.63. The van der Waals surface area contributed by atoms with Gasteiger partial charge in [0.2, 0.25) is 6.17 Å². The van der Waals surface area contributed by atoms with Gasteiger partial charge in [-0.3, -0.25) is 9.80 Å². The lowest BCUT2D eigenvalue weighted by molar-refractivity contribution is -1.16. The van der Waals surface area contributed by atoms with Crippen molar-refractivity contribution in [3.05, 3.63) is 0 Å². The average Bonchev–Trinajstić information content (AvgIpc) is 2.39.